The van der Waals surface area contributed by atoms with E-state index in [1.807, 2.05) is 0 Å². The van der Waals surface area contributed by atoms with Gasteiger partial charge >= 0.3 is 5.97 Å². The van der Waals surface area contributed by atoms with Gasteiger partial charge in [-0.25, -0.2) is 18.9 Å². The van der Waals surface area contributed by atoms with E-state index in [0.29, 0.717) is 17.1 Å². The molecule has 0 saturated carbocycles. The number of hydrogen-bond acceptors (Lipinski definition) is 7. The molecule has 0 unspecified atom stereocenters. The van der Waals surface area contributed by atoms with Crippen LogP contribution in [0.25, 0.3) is 0 Å². The van der Waals surface area contributed by atoms with Gasteiger partial charge in [-0.1, -0.05) is 17.7 Å². The van der Waals surface area contributed by atoms with Crippen molar-refractivity contribution in [1.29, 1.82) is 0 Å². The molecule has 0 saturated heterocycles. The van der Waals surface area contributed by atoms with Gasteiger partial charge in [0, 0.05) is 10.6 Å². The Balaban J connectivity index is 1.33. The number of carbonyl (C=O) groups excluding carboxylic acids is 2. The Morgan fingerprint density at radius 1 is 1.15 bits per heavy atom. The van der Waals surface area contributed by atoms with E-state index in [0.717, 1.165) is 0 Å². The van der Waals surface area contributed by atoms with Gasteiger partial charge in [-0.3, -0.25) is 10.1 Å². The summed E-state index contributed by atoms with van der Waals surface area (Å²) in [6, 6.07) is 13.9. The molecule has 4 aromatic rings. The fourth-order valence-electron chi connectivity index (χ4n) is 2.97. The van der Waals surface area contributed by atoms with Crippen molar-refractivity contribution in [2.75, 3.05) is 12.4 Å². The number of hydrogen-bond donors (Lipinski definition) is 1. The number of carbonyl (C=O) groups is 2. The molecule has 0 fully saturated rings. The zero-order valence-corrected chi connectivity index (χ0v) is 18.6. The molecule has 174 valence electrons. The highest BCUT2D eigenvalue weighted by Crippen LogP contribution is 2.20. The number of nitrogens with one attached hydrogen (secondary N) is 1. The summed E-state index contributed by atoms with van der Waals surface area (Å²) in [5.74, 6) is -0.475. The maximum absolute atomic E-state index is 14.0. The van der Waals surface area contributed by atoms with Crippen molar-refractivity contribution >= 4 is 29.4 Å². The number of methoxy groups -OCH3 is 1. The molecule has 1 N–H and O–H groups in total. The highest BCUT2D eigenvalue weighted by molar-refractivity contribution is 6.31. The van der Waals surface area contributed by atoms with E-state index in [1.54, 1.807) is 36.4 Å². The number of nitrogens with zero attached hydrogens (tertiary/aromatic N) is 3. The third-order valence-corrected chi connectivity index (χ3v) is 5.04. The Kier molecular flexibility index (Phi) is 6.88. The molecular weight excluding hydrogens is 467 g/mol. The van der Waals surface area contributed by atoms with E-state index >= 15 is 0 Å². The van der Waals surface area contributed by atoms with Crippen LogP contribution >= 0.6 is 11.6 Å². The van der Waals surface area contributed by atoms with E-state index in [1.165, 1.54) is 36.3 Å². The van der Waals surface area contributed by atoms with Crippen LogP contribution in [0.3, 0.4) is 0 Å². The lowest BCUT2D eigenvalue weighted by atomic mass is 10.2. The number of aromatic nitrogens is 3. The van der Waals surface area contributed by atoms with Crippen molar-refractivity contribution in [3.05, 3.63) is 94.4 Å². The first-order valence-electron chi connectivity index (χ1n) is 9.96. The van der Waals surface area contributed by atoms with Gasteiger partial charge in [-0.05, 0) is 48.5 Å². The van der Waals surface area contributed by atoms with Crippen LogP contribution < -0.4 is 10.1 Å². The number of ether oxygens (including phenoxy) is 2. The van der Waals surface area contributed by atoms with Crippen LogP contribution in [0.2, 0.25) is 5.02 Å². The lowest BCUT2D eigenvalue weighted by Gasteiger charge is -2.05. The summed E-state index contributed by atoms with van der Waals surface area (Å²) in [6.07, 6.45) is 1.35. The topological polar surface area (TPSA) is 108 Å². The standard InChI is InChI=1S/C23H18ClFN4O5/c1-32-22(31)14-5-7-15(8-6-14)33-12-16-9-10-20(34-16)21(30)27-23-26-13-29(28-23)11-17-18(24)3-2-4-19(17)25/h2-10,13H,11-12H2,1H3,(H,27,28,30). The minimum absolute atomic E-state index is 0.0253. The molecule has 0 aliphatic carbocycles. The third-order valence-electron chi connectivity index (χ3n) is 4.69. The van der Waals surface area contributed by atoms with E-state index < -0.39 is 17.7 Å². The number of amides is 1. The monoisotopic (exact) mass is 484 g/mol. The largest absolute Gasteiger partial charge is 0.486 e. The van der Waals surface area contributed by atoms with E-state index in [4.69, 9.17) is 20.8 Å². The number of esters is 1. The van der Waals surface area contributed by atoms with E-state index in [9.17, 15) is 14.0 Å². The first kappa shape index (κ1) is 23.0. The summed E-state index contributed by atoms with van der Waals surface area (Å²) in [4.78, 5) is 27.9. The lowest BCUT2D eigenvalue weighted by Crippen LogP contribution is -2.13. The van der Waals surface area contributed by atoms with Crippen molar-refractivity contribution in [2.24, 2.45) is 0 Å². The average molecular weight is 485 g/mol. The van der Waals surface area contributed by atoms with Gasteiger partial charge in [-0.2, -0.15) is 0 Å². The van der Waals surface area contributed by atoms with Crippen molar-refractivity contribution in [3.8, 4) is 5.75 Å². The molecule has 11 heteroatoms. The molecule has 0 atom stereocenters. The quantitative estimate of drug-likeness (QED) is 0.371. The van der Waals surface area contributed by atoms with Crippen LogP contribution in [0.15, 0.2) is 65.3 Å². The van der Waals surface area contributed by atoms with Crippen LogP contribution in [-0.2, 0) is 17.9 Å². The van der Waals surface area contributed by atoms with Gasteiger partial charge < -0.3 is 13.9 Å². The third kappa shape index (κ3) is 5.41. The molecule has 9 nitrogen and oxygen atoms in total. The molecule has 0 aliphatic rings. The Morgan fingerprint density at radius 2 is 1.94 bits per heavy atom. The molecular formula is C23H18ClFN4O5. The van der Waals surface area contributed by atoms with Gasteiger partial charge in [0.15, 0.2) is 5.76 Å². The second kappa shape index (κ2) is 10.2. The Hall–Kier alpha value is -4.18. The van der Waals surface area contributed by atoms with Gasteiger partial charge in [0.05, 0.1) is 19.2 Å². The number of halogens is 2. The summed E-state index contributed by atoms with van der Waals surface area (Å²) < 4.78 is 31.1. The zero-order chi connectivity index (χ0) is 24.1. The Morgan fingerprint density at radius 3 is 2.68 bits per heavy atom. The van der Waals surface area contributed by atoms with Crippen LogP contribution in [0.5, 0.6) is 5.75 Å². The maximum Gasteiger partial charge on any atom is 0.337 e. The zero-order valence-electron chi connectivity index (χ0n) is 17.8. The molecule has 2 aromatic carbocycles. The van der Waals surface area contributed by atoms with Gasteiger partial charge in [0.1, 0.15) is 30.3 Å². The summed E-state index contributed by atoms with van der Waals surface area (Å²) in [5.41, 5.74) is 0.669. The second-order valence-electron chi connectivity index (χ2n) is 6.99. The van der Waals surface area contributed by atoms with Crippen molar-refractivity contribution in [1.82, 2.24) is 14.8 Å². The predicted molar refractivity (Wildman–Crippen MR) is 119 cm³/mol. The van der Waals surface area contributed by atoms with Gasteiger partial charge in [0.2, 0.25) is 5.95 Å². The number of rotatable bonds is 8. The fraction of sp³-hybridized carbons (Fsp3) is 0.130. The van der Waals surface area contributed by atoms with E-state index in [2.05, 4.69) is 20.1 Å². The van der Waals surface area contributed by atoms with E-state index in [-0.39, 0.29) is 35.4 Å². The van der Waals surface area contributed by atoms with Crippen LogP contribution in [0, 0.1) is 5.82 Å². The van der Waals surface area contributed by atoms with Crippen LogP contribution in [0.1, 0.15) is 32.2 Å². The van der Waals surface area contributed by atoms with Gasteiger partial charge in [0.25, 0.3) is 5.91 Å². The molecule has 2 heterocycles. The van der Waals surface area contributed by atoms with Gasteiger partial charge in [-0.15, -0.1) is 5.10 Å². The SMILES string of the molecule is COC(=O)c1ccc(OCc2ccc(C(=O)Nc3ncn(Cc4c(F)cccc4Cl)n3)o2)cc1. The summed E-state index contributed by atoms with van der Waals surface area (Å²) in [6.45, 7) is 0.123. The molecule has 0 aliphatic heterocycles. The minimum Gasteiger partial charge on any atom is -0.486 e. The lowest BCUT2D eigenvalue weighted by molar-refractivity contribution is 0.0600. The molecule has 0 bridgehead atoms. The molecule has 0 radical (unpaired) electrons. The van der Waals surface area contributed by atoms with Crippen LogP contribution in [0.4, 0.5) is 10.3 Å². The smallest absolute Gasteiger partial charge is 0.337 e. The Labute approximate surface area is 198 Å². The van der Waals surface area contributed by atoms with Crippen molar-refractivity contribution in [2.45, 2.75) is 13.2 Å². The highest BCUT2D eigenvalue weighted by Gasteiger charge is 2.15. The van der Waals surface area contributed by atoms with Crippen LogP contribution in [-0.4, -0.2) is 33.8 Å². The minimum atomic E-state index is -0.560. The fourth-order valence-corrected chi connectivity index (χ4v) is 3.20. The molecule has 4 rings (SSSR count). The van der Waals surface area contributed by atoms with Crippen molar-refractivity contribution < 1.29 is 27.9 Å². The first-order valence-corrected chi connectivity index (χ1v) is 10.3. The second-order valence-corrected chi connectivity index (χ2v) is 7.40. The maximum atomic E-state index is 14.0. The molecule has 34 heavy (non-hydrogen) atoms. The average Bonchev–Trinajstić information content (AvgIpc) is 3.49. The highest BCUT2D eigenvalue weighted by atomic mass is 35.5. The summed E-state index contributed by atoms with van der Waals surface area (Å²) in [7, 11) is 1.31. The van der Waals surface area contributed by atoms with Crippen molar-refractivity contribution in [3.63, 3.8) is 0 Å². The first-order chi connectivity index (χ1) is 16.4. The molecule has 1 amide bonds. The summed E-state index contributed by atoms with van der Waals surface area (Å²) in [5, 5.41) is 6.90. The normalized spacial score (nSPS) is 10.7. The summed E-state index contributed by atoms with van der Waals surface area (Å²) >= 11 is 6.03. The Bertz CT molecular complexity index is 1300. The predicted octanol–water partition coefficient (Wildman–Crippen LogP) is 4.33. The number of benzene rings is 2. The number of furan rings is 1. The molecule has 0 spiro atoms. The molecule has 2 aromatic heterocycles. The number of anilines is 1.